The normalized spacial score (nSPS) is 18.3. The molecule has 5 aromatic carbocycles. The molecule has 0 bridgehead atoms. The van der Waals surface area contributed by atoms with E-state index in [1.54, 1.807) is 54.6 Å². The highest BCUT2D eigenvalue weighted by atomic mass is 32.2. The van der Waals surface area contributed by atoms with Crippen molar-refractivity contribution in [2.45, 2.75) is 100.0 Å². The van der Waals surface area contributed by atoms with E-state index in [0.29, 0.717) is 59.5 Å². The predicted molar refractivity (Wildman–Crippen MR) is 287 cm³/mol. The number of benzene rings is 5. The third kappa shape index (κ3) is 10.6. The zero-order chi connectivity index (χ0) is 55.1. The second-order valence-electron chi connectivity index (χ2n) is 19.8. The zero-order valence-electron chi connectivity index (χ0n) is 43.1. The van der Waals surface area contributed by atoms with Crippen LogP contribution in [-0.2, 0) is 56.6 Å². The number of phosphoric ester groups is 1. The number of fused-ring (bicyclic) bond motifs is 8. The van der Waals surface area contributed by atoms with Crippen molar-refractivity contribution in [3.63, 3.8) is 0 Å². The number of carbonyl (C=O) groups is 2. The van der Waals surface area contributed by atoms with Gasteiger partial charge in [-0.05, 0) is 113 Å². The number of nitrogens with zero attached hydrogens (tertiary/aromatic N) is 2. The molecule has 0 saturated heterocycles. The van der Waals surface area contributed by atoms with Crippen molar-refractivity contribution >= 4 is 58.9 Å². The van der Waals surface area contributed by atoms with Crippen LogP contribution in [0.5, 0.6) is 23.0 Å². The number of hydrogen-bond acceptors (Lipinski definition) is 14. The number of hydrogen-bond donors (Lipinski definition) is 5. The van der Waals surface area contributed by atoms with Gasteiger partial charge in [0.25, 0.3) is 10.1 Å². The van der Waals surface area contributed by atoms with Crippen LogP contribution in [0.4, 0.5) is 11.4 Å². The molecule has 0 aromatic heterocycles. The summed E-state index contributed by atoms with van der Waals surface area (Å²) in [6.07, 6.45) is 12.2. The molecular weight excluding hydrogens is 1050 g/mol. The number of amides is 1. The van der Waals surface area contributed by atoms with Gasteiger partial charge in [0.1, 0.15) is 29.5 Å². The maximum Gasteiger partial charge on any atom is 0.524 e. The Bertz CT molecular complexity index is 3480. The molecule has 1 amide bonds. The molecule has 4 aliphatic heterocycles. The van der Waals surface area contributed by atoms with E-state index >= 15 is 0 Å². The number of esters is 1. The Labute approximate surface area is 450 Å². The van der Waals surface area contributed by atoms with Crippen molar-refractivity contribution in [2.24, 2.45) is 0 Å². The Morgan fingerprint density at radius 2 is 1.65 bits per heavy atom. The second-order valence-corrected chi connectivity index (χ2v) is 23.1. The number of allylic oxidation sites excluding steroid dienone is 6. The molecule has 404 valence electrons. The third-order valence-corrected chi connectivity index (χ3v) is 16.3. The number of carbonyl (C=O) groups excluding carboxylic acids is 2. The first kappa shape index (κ1) is 55.2. The van der Waals surface area contributed by atoms with Gasteiger partial charge in [-0.3, -0.25) is 19.1 Å². The molecule has 1 unspecified atom stereocenters. The molecule has 1 atom stereocenters. The van der Waals surface area contributed by atoms with Crippen LogP contribution in [0.25, 0.3) is 0 Å². The maximum absolute atomic E-state index is 13.7. The molecule has 5 aromatic rings. The topological polar surface area (TPSA) is 240 Å². The van der Waals surface area contributed by atoms with Gasteiger partial charge in [0.05, 0.1) is 46.6 Å². The summed E-state index contributed by atoms with van der Waals surface area (Å²) in [6.45, 7) is 13.7. The maximum atomic E-state index is 13.7. The van der Waals surface area contributed by atoms with Crippen molar-refractivity contribution in [2.75, 3.05) is 24.6 Å². The van der Waals surface area contributed by atoms with E-state index in [1.807, 2.05) is 70.2 Å². The van der Waals surface area contributed by atoms with E-state index in [-0.39, 0.29) is 47.6 Å². The summed E-state index contributed by atoms with van der Waals surface area (Å²) >= 11 is 0.886. The van der Waals surface area contributed by atoms with Crippen molar-refractivity contribution in [1.29, 1.82) is 0 Å². The van der Waals surface area contributed by atoms with Crippen LogP contribution in [0, 0.1) is 0 Å². The lowest BCUT2D eigenvalue weighted by Crippen LogP contribution is -2.34. The standard InChI is InChI=1S/C56H58N3O15PS2/c1-7-58-45-28-24-37(77(66,67)68)33-44(45)55(5,6)49(58)19-11-9-12-20-50-54(3,4)43-32-36(76-74-73-62)23-27-46(43)59(50)30-16-10-13-21-51(60)57-34-39-47(69-8-2)29-26-42-52(39)70-48-31-35(72-75(63,64)65)22-25-41(48)56(42)40-18-15-14-17-38(40)53(61)71-56/h9,11-12,14-15,17-20,22-29,31-33H,7-8,10,13,16,21,30,34H2,1-6H3,(H4-,57,60,62,63,64,65,66,67,68)/p+1. The van der Waals surface area contributed by atoms with Crippen LogP contribution in [0.15, 0.2) is 137 Å². The molecular formula is C56H59N3O15PS2+. The number of unbranched alkanes of at least 4 members (excludes halogenated alkanes) is 2. The Morgan fingerprint density at radius 1 is 0.870 bits per heavy atom. The summed E-state index contributed by atoms with van der Waals surface area (Å²) < 4.78 is 76.5. The quantitative estimate of drug-likeness (QED) is 0.00560. The van der Waals surface area contributed by atoms with Crippen LogP contribution < -0.4 is 24.2 Å². The fourth-order valence-electron chi connectivity index (χ4n) is 10.9. The molecule has 77 heavy (non-hydrogen) atoms. The predicted octanol–water partition coefficient (Wildman–Crippen LogP) is 10.9. The molecule has 0 radical (unpaired) electrons. The smallest absolute Gasteiger partial charge is 0.493 e. The average Bonchev–Trinajstić information content (AvgIpc) is 4.14. The molecule has 9 rings (SSSR count). The first-order chi connectivity index (χ1) is 36.6. The first-order valence-electron chi connectivity index (χ1n) is 25.0. The van der Waals surface area contributed by atoms with Gasteiger partial charge in [-0.1, -0.05) is 55.3 Å². The molecule has 1 spiro atoms. The summed E-state index contributed by atoms with van der Waals surface area (Å²) in [5.74, 6) is -0.180. The van der Waals surface area contributed by atoms with E-state index in [9.17, 15) is 36.9 Å². The van der Waals surface area contributed by atoms with Gasteiger partial charge in [0, 0.05) is 81.5 Å². The van der Waals surface area contributed by atoms with Gasteiger partial charge in [0.2, 0.25) is 11.6 Å². The Hall–Kier alpha value is -6.58. The molecule has 0 saturated carbocycles. The number of likely N-dealkylation sites (N-methyl/N-ethyl adjacent to an activating group) is 1. The van der Waals surface area contributed by atoms with Crippen molar-refractivity contribution in [1.82, 2.24) is 5.32 Å². The lowest BCUT2D eigenvalue weighted by Gasteiger charge is -2.37. The summed E-state index contributed by atoms with van der Waals surface area (Å²) in [7, 11) is -9.33. The molecule has 4 aliphatic rings. The van der Waals surface area contributed by atoms with Crippen LogP contribution in [0.3, 0.4) is 0 Å². The van der Waals surface area contributed by atoms with Crippen molar-refractivity contribution in [3.8, 4) is 23.0 Å². The largest absolute Gasteiger partial charge is 0.524 e. The van der Waals surface area contributed by atoms with E-state index in [2.05, 4.69) is 39.8 Å². The fourth-order valence-corrected chi connectivity index (χ4v) is 12.2. The molecule has 0 fully saturated rings. The first-order valence-corrected chi connectivity index (χ1v) is 28.7. The van der Waals surface area contributed by atoms with Crippen molar-refractivity contribution in [3.05, 3.63) is 166 Å². The van der Waals surface area contributed by atoms with Gasteiger partial charge in [-0.2, -0.15) is 13.0 Å². The summed E-state index contributed by atoms with van der Waals surface area (Å²) in [4.78, 5) is 49.2. The second kappa shape index (κ2) is 21.7. The molecule has 18 nitrogen and oxygen atoms in total. The average molecular weight is 1110 g/mol. The van der Waals surface area contributed by atoms with E-state index < -0.39 is 40.3 Å². The van der Waals surface area contributed by atoms with E-state index in [0.717, 1.165) is 57.3 Å². The third-order valence-electron chi connectivity index (χ3n) is 14.4. The van der Waals surface area contributed by atoms with Crippen LogP contribution in [-0.4, -0.2) is 69.9 Å². The number of ether oxygens (including phenoxy) is 3. The molecule has 4 heterocycles. The van der Waals surface area contributed by atoms with Gasteiger partial charge in [0.15, 0.2) is 11.3 Å². The van der Waals surface area contributed by atoms with Crippen LogP contribution in [0.2, 0.25) is 0 Å². The monoisotopic (exact) mass is 1110 g/mol. The Kier molecular flexibility index (Phi) is 15.5. The number of rotatable bonds is 20. The lowest BCUT2D eigenvalue weighted by molar-refractivity contribution is -0.438. The van der Waals surface area contributed by atoms with E-state index in [4.69, 9.17) is 28.3 Å². The minimum atomic E-state index is -4.96. The van der Waals surface area contributed by atoms with Gasteiger partial charge in [-0.25, -0.2) is 14.6 Å². The highest BCUT2D eigenvalue weighted by Gasteiger charge is 2.54. The van der Waals surface area contributed by atoms with Gasteiger partial charge < -0.3 is 29.0 Å². The number of phosphoric acid groups is 1. The molecule has 0 aliphatic carbocycles. The summed E-state index contributed by atoms with van der Waals surface area (Å²) in [5.41, 5.74) is 5.44. The fraction of sp³-hybridized carbons (Fsp3) is 0.304. The lowest BCUT2D eigenvalue weighted by atomic mass is 9.77. The van der Waals surface area contributed by atoms with Crippen molar-refractivity contribution < 1.29 is 74.9 Å². The van der Waals surface area contributed by atoms with Crippen LogP contribution in [0.1, 0.15) is 111 Å². The minimum absolute atomic E-state index is 0.0250. The summed E-state index contributed by atoms with van der Waals surface area (Å²) in [6, 6.07) is 25.3. The van der Waals surface area contributed by atoms with Gasteiger partial charge >= 0.3 is 13.8 Å². The zero-order valence-corrected chi connectivity index (χ0v) is 45.7. The van der Waals surface area contributed by atoms with Crippen LogP contribution >= 0.6 is 19.9 Å². The Morgan fingerprint density at radius 3 is 2.39 bits per heavy atom. The highest BCUT2D eigenvalue weighted by Crippen LogP contribution is 2.59. The van der Waals surface area contributed by atoms with Gasteiger partial charge in [-0.15, -0.1) is 4.33 Å². The SMILES string of the molecule is CCOc1ccc2c(c1CNC(=O)CCCCC[N+]1=C(/C=C/C=C/C=C3/N(CC)c4ccc(S(=O)(=O)O)cc4C3(C)C)C(C)(C)c3cc(SOOO)ccc31)Oc1cc(OP(=O)(O)O)ccc1C21OC(=O)c2ccccc21. The Balaban J connectivity index is 0.914. The highest BCUT2D eigenvalue weighted by molar-refractivity contribution is 7.94. The number of anilines is 1. The molecule has 21 heteroatoms. The van der Waals surface area contributed by atoms with E-state index in [1.165, 1.54) is 18.2 Å². The summed E-state index contributed by atoms with van der Waals surface area (Å²) in [5, 5.41) is 15.8. The number of nitrogens with one attached hydrogen (secondary N) is 1. The molecule has 5 N–H and O–H groups in total. The minimum Gasteiger partial charge on any atom is -0.493 e.